The third kappa shape index (κ3) is 3.67. The first kappa shape index (κ1) is 18.2. The minimum Gasteiger partial charge on any atom is -0.289 e. The fourth-order valence-corrected chi connectivity index (χ4v) is 3.15. The first-order chi connectivity index (χ1) is 12.2. The molecule has 1 unspecified atom stereocenters. The molecule has 0 saturated carbocycles. The molecule has 0 radical (unpaired) electrons. The van der Waals surface area contributed by atoms with Gasteiger partial charge >= 0.3 is 0 Å². The number of benzene rings is 2. The van der Waals surface area contributed by atoms with Crippen molar-refractivity contribution in [3.63, 3.8) is 0 Å². The normalized spacial score (nSPS) is 13.7. The highest BCUT2D eigenvalue weighted by Crippen LogP contribution is 2.27. The Morgan fingerprint density at radius 3 is 2.31 bits per heavy atom. The minimum absolute atomic E-state index is 0.110. The van der Waals surface area contributed by atoms with Crippen LogP contribution >= 0.6 is 0 Å². The van der Waals surface area contributed by atoms with Crippen molar-refractivity contribution in [3.05, 3.63) is 63.4 Å². The summed E-state index contributed by atoms with van der Waals surface area (Å²) in [6, 6.07) is 11.2. The quantitative estimate of drug-likeness (QED) is 0.654. The number of aryl methyl sites for hydroxylation is 3. The molecule has 1 aromatic heterocycles. The Morgan fingerprint density at radius 1 is 1.15 bits per heavy atom. The average molecular weight is 372 g/mol. The van der Waals surface area contributed by atoms with Crippen LogP contribution in [0.1, 0.15) is 16.7 Å². The molecular weight excluding hydrogens is 352 g/mol. The smallest absolute Gasteiger partial charge is 0.274 e. The molecule has 3 aromatic rings. The Labute approximate surface area is 151 Å². The van der Waals surface area contributed by atoms with Crippen molar-refractivity contribution in [2.75, 3.05) is 0 Å². The lowest BCUT2D eigenvalue weighted by Gasteiger charge is -2.11. The standard InChI is InChI=1S/C18H20N4O3S/c1-11-8-15-16(9-12(11)2)18(23)22(3)21-17(15)14-6-4-13(5-7-14)10-20-26(19,24)25/h4-9H,10H2,1-3H3,(H3,19,20,24,25). The van der Waals surface area contributed by atoms with Crippen LogP contribution in [-0.2, 0) is 23.8 Å². The highest BCUT2D eigenvalue weighted by Gasteiger charge is 2.12. The predicted octanol–water partition coefficient (Wildman–Crippen LogP) is 2.74. The fraction of sp³-hybridized carbons (Fsp3) is 0.222. The van der Waals surface area contributed by atoms with E-state index in [1.54, 1.807) is 19.2 Å². The van der Waals surface area contributed by atoms with E-state index >= 15 is 0 Å². The van der Waals surface area contributed by atoms with Gasteiger partial charge in [0.05, 0.1) is 11.1 Å². The van der Waals surface area contributed by atoms with Gasteiger partial charge in [0.2, 0.25) is 10.2 Å². The summed E-state index contributed by atoms with van der Waals surface area (Å²) in [4.78, 5) is 12.4. The van der Waals surface area contributed by atoms with Crippen molar-refractivity contribution in [1.29, 1.82) is 4.78 Å². The van der Waals surface area contributed by atoms with Gasteiger partial charge in [-0.1, -0.05) is 24.3 Å². The van der Waals surface area contributed by atoms with Gasteiger partial charge in [-0.15, -0.1) is 0 Å². The molecule has 0 fully saturated rings. The van der Waals surface area contributed by atoms with Crippen LogP contribution in [0.4, 0.5) is 0 Å². The monoisotopic (exact) mass is 372 g/mol. The van der Waals surface area contributed by atoms with E-state index in [0.29, 0.717) is 11.1 Å². The summed E-state index contributed by atoms with van der Waals surface area (Å²) in [7, 11) is -2.10. The van der Waals surface area contributed by atoms with E-state index in [9.17, 15) is 9.00 Å². The molecule has 0 aliphatic carbocycles. The Morgan fingerprint density at radius 2 is 1.73 bits per heavy atom. The van der Waals surface area contributed by atoms with Crippen molar-refractivity contribution in [2.45, 2.75) is 20.4 Å². The molecular formula is C18H20N4O3S. The molecule has 3 rings (SSSR count). The van der Waals surface area contributed by atoms with Gasteiger partial charge in [-0.25, -0.2) is 18.4 Å². The predicted molar refractivity (Wildman–Crippen MR) is 102 cm³/mol. The summed E-state index contributed by atoms with van der Waals surface area (Å²) in [6.07, 6.45) is 0. The molecule has 2 aromatic carbocycles. The Hall–Kier alpha value is -2.55. The second-order valence-electron chi connectivity index (χ2n) is 6.30. The van der Waals surface area contributed by atoms with E-state index in [4.69, 9.17) is 9.33 Å². The number of fused-ring (bicyclic) bond motifs is 1. The van der Waals surface area contributed by atoms with Gasteiger partial charge in [0, 0.05) is 24.5 Å². The van der Waals surface area contributed by atoms with Gasteiger partial charge in [0.25, 0.3) is 5.56 Å². The summed E-state index contributed by atoms with van der Waals surface area (Å²) in [5, 5.41) is 5.85. The molecule has 136 valence electrons. The zero-order valence-corrected chi connectivity index (χ0v) is 15.6. The summed E-state index contributed by atoms with van der Waals surface area (Å²) >= 11 is 0. The Kier molecular flexibility index (Phi) is 4.66. The van der Waals surface area contributed by atoms with Gasteiger partial charge in [0.1, 0.15) is 0 Å². The molecule has 0 amide bonds. The molecule has 0 saturated heterocycles. The van der Waals surface area contributed by atoms with Crippen LogP contribution in [0.2, 0.25) is 0 Å². The van der Waals surface area contributed by atoms with E-state index in [-0.39, 0.29) is 12.1 Å². The molecule has 0 bridgehead atoms. The number of hydrogen-bond acceptors (Lipinski definition) is 4. The van der Waals surface area contributed by atoms with Crippen molar-refractivity contribution in [1.82, 2.24) is 14.5 Å². The Bertz CT molecular complexity index is 1150. The number of rotatable bonds is 4. The SMILES string of the molecule is Cc1cc2c(-c3ccc(CNS(=N)(=O)O)cc3)nn(C)c(=O)c2cc1C. The largest absolute Gasteiger partial charge is 0.289 e. The van der Waals surface area contributed by atoms with E-state index < -0.39 is 10.2 Å². The van der Waals surface area contributed by atoms with Crippen LogP contribution in [0.25, 0.3) is 22.0 Å². The van der Waals surface area contributed by atoms with E-state index in [1.165, 1.54) is 4.68 Å². The summed E-state index contributed by atoms with van der Waals surface area (Å²) < 4.78 is 30.5. The highest BCUT2D eigenvalue weighted by atomic mass is 32.2. The molecule has 8 heteroatoms. The molecule has 0 aliphatic heterocycles. The van der Waals surface area contributed by atoms with Gasteiger partial charge in [-0.05, 0) is 42.7 Å². The maximum atomic E-state index is 12.4. The lowest BCUT2D eigenvalue weighted by Crippen LogP contribution is -2.21. The molecule has 1 heterocycles. The number of aromatic nitrogens is 2. The lowest BCUT2D eigenvalue weighted by atomic mass is 9.99. The second-order valence-corrected chi connectivity index (χ2v) is 7.64. The van der Waals surface area contributed by atoms with Gasteiger partial charge in [-0.2, -0.15) is 5.10 Å². The maximum Gasteiger partial charge on any atom is 0.274 e. The highest BCUT2D eigenvalue weighted by molar-refractivity contribution is 7.84. The van der Waals surface area contributed by atoms with Gasteiger partial charge in [-0.3, -0.25) is 9.35 Å². The first-order valence-corrected chi connectivity index (χ1v) is 9.50. The van der Waals surface area contributed by atoms with Crippen LogP contribution < -0.4 is 10.3 Å². The van der Waals surface area contributed by atoms with Crippen LogP contribution in [-0.4, -0.2) is 18.5 Å². The minimum atomic E-state index is -3.73. The zero-order chi connectivity index (χ0) is 19.1. The number of hydrogen-bond donors (Lipinski definition) is 3. The summed E-state index contributed by atoms with van der Waals surface area (Å²) in [5.41, 5.74) is 4.31. The van der Waals surface area contributed by atoms with Crippen molar-refractivity contribution < 1.29 is 8.76 Å². The molecule has 7 nitrogen and oxygen atoms in total. The summed E-state index contributed by atoms with van der Waals surface area (Å²) in [6.45, 7) is 4.08. The Balaban J connectivity index is 2.09. The van der Waals surface area contributed by atoms with Gasteiger partial charge < -0.3 is 0 Å². The lowest BCUT2D eigenvalue weighted by molar-refractivity contribution is 0.532. The third-order valence-corrected chi connectivity index (χ3v) is 4.90. The van der Waals surface area contributed by atoms with Crippen LogP contribution in [0.3, 0.4) is 0 Å². The fourth-order valence-electron chi connectivity index (χ4n) is 2.79. The van der Waals surface area contributed by atoms with Gasteiger partial charge in [0.15, 0.2) is 0 Å². The first-order valence-electron chi connectivity index (χ1n) is 7.99. The average Bonchev–Trinajstić information content (AvgIpc) is 2.58. The number of nitrogens with zero attached hydrogens (tertiary/aromatic N) is 2. The molecule has 26 heavy (non-hydrogen) atoms. The maximum absolute atomic E-state index is 12.4. The van der Waals surface area contributed by atoms with E-state index in [1.807, 2.05) is 38.1 Å². The second kappa shape index (κ2) is 6.64. The third-order valence-electron chi connectivity index (χ3n) is 4.36. The van der Waals surface area contributed by atoms with E-state index in [0.717, 1.165) is 27.6 Å². The van der Waals surface area contributed by atoms with Crippen molar-refractivity contribution in [3.8, 4) is 11.3 Å². The topological polar surface area (TPSA) is 108 Å². The van der Waals surface area contributed by atoms with Crippen molar-refractivity contribution in [2.24, 2.45) is 7.05 Å². The molecule has 0 aliphatic rings. The zero-order valence-electron chi connectivity index (χ0n) is 14.7. The van der Waals surface area contributed by atoms with Crippen molar-refractivity contribution >= 4 is 21.0 Å². The van der Waals surface area contributed by atoms with E-state index in [2.05, 4.69) is 9.82 Å². The summed E-state index contributed by atoms with van der Waals surface area (Å²) in [5.74, 6) is 0. The number of nitrogens with one attached hydrogen (secondary N) is 2. The van der Waals surface area contributed by atoms with Crippen LogP contribution in [0.5, 0.6) is 0 Å². The molecule has 0 spiro atoms. The van der Waals surface area contributed by atoms with Crippen LogP contribution in [0.15, 0.2) is 41.2 Å². The molecule has 3 N–H and O–H groups in total. The van der Waals surface area contributed by atoms with Crippen LogP contribution in [0, 0.1) is 18.6 Å². The molecule has 1 atom stereocenters.